The molecule has 3 aromatic rings. The minimum absolute atomic E-state index is 0.152. The highest BCUT2D eigenvalue weighted by Gasteiger charge is 2.16. The lowest BCUT2D eigenvalue weighted by Gasteiger charge is -2.20. The molecule has 1 aromatic heterocycles. The average Bonchev–Trinajstić information content (AvgIpc) is 2.91. The summed E-state index contributed by atoms with van der Waals surface area (Å²) in [5, 5.41) is 4.74. The topological polar surface area (TPSA) is 25.2 Å². The van der Waals surface area contributed by atoms with E-state index in [1.165, 1.54) is 5.56 Å². The molecule has 0 aliphatic heterocycles. The van der Waals surface area contributed by atoms with Crippen LogP contribution in [0.25, 0.3) is 11.0 Å². The van der Waals surface area contributed by atoms with Crippen LogP contribution in [0.15, 0.2) is 63.5 Å². The first-order valence-electron chi connectivity index (χ1n) is 7.14. The van der Waals surface area contributed by atoms with Crippen molar-refractivity contribution in [2.24, 2.45) is 0 Å². The Labute approximate surface area is 133 Å². The monoisotopic (exact) mass is 343 g/mol. The van der Waals surface area contributed by atoms with Crippen LogP contribution in [0.3, 0.4) is 0 Å². The smallest absolute Gasteiger partial charge is 0.134 e. The molecule has 0 bridgehead atoms. The molecular formula is C18H18BrNO. The Bertz CT molecular complexity index is 717. The van der Waals surface area contributed by atoms with Gasteiger partial charge in [0.25, 0.3) is 0 Å². The van der Waals surface area contributed by atoms with Crippen molar-refractivity contribution in [2.45, 2.75) is 25.9 Å². The van der Waals surface area contributed by atoms with E-state index in [-0.39, 0.29) is 12.1 Å². The van der Waals surface area contributed by atoms with Gasteiger partial charge in [0, 0.05) is 15.9 Å². The van der Waals surface area contributed by atoms with Gasteiger partial charge in [-0.25, -0.2) is 0 Å². The SMILES string of the molecule is CC(N[C@@H](C)c1ccccc1Br)c1cc2ccccc2o1. The van der Waals surface area contributed by atoms with Crippen molar-refractivity contribution in [3.8, 4) is 0 Å². The van der Waals surface area contributed by atoms with Crippen molar-refractivity contribution in [2.75, 3.05) is 0 Å². The van der Waals surface area contributed by atoms with Gasteiger partial charge in [0.1, 0.15) is 11.3 Å². The predicted molar refractivity (Wildman–Crippen MR) is 90.3 cm³/mol. The summed E-state index contributed by atoms with van der Waals surface area (Å²) in [5.74, 6) is 0.968. The van der Waals surface area contributed by atoms with Gasteiger partial charge in [-0.2, -0.15) is 0 Å². The Morgan fingerprint density at radius 1 is 0.952 bits per heavy atom. The maximum Gasteiger partial charge on any atom is 0.134 e. The minimum Gasteiger partial charge on any atom is -0.459 e. The second-order valence-electron chi connectivity index (χ2n) is 5.32. The first-order chi connectivity index (χ1) is 10.1. The highest BCUT2D eigenvalue weighted by atomic mass is 79.9. The fourth-order valence-electron chi connectivity index (χ4n) is 2.59. The van der Waals surface area contributed by atoms with Crippen LogP contribution in [-0.4, -0.2) is 0 Å². The summed E-state index contributed by atoms with van der Waals surface area (Å²) in [6.45, 7) is 4.30. The molecular weight excluding hydrogens is 326 g/mol. The van der Waals surface area contributed by atoms with Crippen LogP contribution in [-0.2, 0) is 0 Å². The second-order valence-corrected chi connectivity index (χ2v) is 6.17. The Balaban J connectivity index is 1.79. The van der Waals surface area contributed by atoms with E-state index in [1.54, 1.807) is 0 Å². The van der Waals surface area contributed by atoms with E-state index in [0.717, 1.165) is 21.2 Å². The summed E-state index contributed by atoms with van der Waals surface area (Å²) >= 11 is 3.61. The standard InChI is InChI=1S/C18H18BrNO/c1-12(15-8-4-5-9-16(15)19)20-13(2)18-11-14-7-3-6-10-17(14)21-18/h3-13,20H,1-2H3/t12-,13?/m0/s1. The third-order valence-corrected chi connectivity index (χ3v) is 4.47. The lowest BCUT2D eigenvalue weighted by atomic mass is 10.1. The van der Waals surface area contributed by atoms with E-state index in [9.17, 15) is 0 Å². The van der Waals surface area contributed by atoms with Crippen LogP contribution in [0.5, 0.6) is 0 Å². The number of hydrogen-bond acceptors (Lipinski definition) is 2. The number of nitrogens with one attached hydrogen (secondary N) is 1. The van der Waals surface area contributed by atoms with Crippen molar-refractivity contribution in [3.63, 3.8) is 0 Å². The van der Waals surface area contributed by atoms with E-state index in [1.807, 2.05) is 24.3 Å². The zero-order valence-corrected chi connectivity index (χ0v) is 13.7. The van der Waals surface area contributed by atoms with E-state index in [4.69, 9.17) is 4.42 Å². The normalized spacial score (nSPS) is 14.2. The molecule has 0 amide bonds. The average molecular weight is 344 g/mol. The summed E-state index contributed by atoms with van der Waals surface area (Å²) in [6.07, 6.45) is 0. The van der Waals surface area contributed by atoms with Gasteiger partial charge in [-0.1, -0.05) is 52.3 Å². The fourth-order valence-corrected chi connectivity index (χ4v) is 3.22. The number of benzene rings is 2. The molecule has 0 saturated heterocycles. The zero-order valence-electron chi connectivity index (χ0n) is 12.1. The molecule has 1 unspecified atom stereocenters. The van der Waals surface area contributed by atoms with Gasteiger partial charge < -0.3 is 9.73 Å². The van der Waals surface area contributed by atoms with Crippen LogP contribution in [0.2, 0.25) is 0 Å². The zero-order chi connectivity index (χ0) is 14.8. The first-order valence-corrected chi connectivity index (χ1v) is 7.93. The van der Waals surface area contributed by atoms with Gasteiger partial charge >= 0.3 is 0 Å². The number of furan rings is 1. The molecule has 0 fully saturated rings. The highest BCUT2D eigenvalue weighted by Crippen LogP contribution is 2.28. The molecule has 21 heavy (non-hydrogen) atoms. The number of fused-ring (bicyclic) bond motifs is 1. The predicted octanol–water partition coefficient (Wildman–Crippen LogP) is 5.61. The largest absolute Gasteiger partial charge is 0.459 e. The summed E-state index contributed by atoms with van der Waals surface area (Å²) in [4.78, 5) is 0. The van der Waals surface area contributed by atoms with Crippen molar-refractivity contribution in [1.82, 2.24) is 5.32 Å². The third kappa shape index (κ3) is 3.04. The van der Waals surface area contributed by atoms with Crippen LogP contribution < -0.4 is 5.32 Å². The van der Waals surface area contributed by atoms with Crippen molar-refractivity contribution in [3.05, 3.63) is 70.4 Å². The molecule has 1 heterocycles. The van der Waals surface area contributed by atoms with Gasteiger partial charge in [-0.05, 0) is 37.6 Å². The van der Waals surface area contributed by atoms with Crippen LogP contribution in [0, 0.1) is 0 Å². The van der Waals surface area contributed by atoms with Crippen molar-refractivity contribution < 1.29 is 4.42 Å². The number of hydrogen-bond donors (Lipinski definition) is 1. The summed E-state index contributed by atoms with van der Waals surface area (Å²) < 4.78 is 7.05. The molecule has 2 atom stereocenters. The molecule has 108 valence electrons. The Morgan fingerprint density at radius 2 is 1.67 bits per heavy atom. The second kappa shape index (κ2) is 6.04. The van der Waals surface area contributed by atoms with E-state index in [0.29, 0.717) is 0 Å². The Hall–Kier alpha value is -1.58. The van der Waals surface area contributed by atoms with E-state index < -0.39 is 0 Å². The third-order valence-electron chi connectivity index (χ3n) is 3.74. The quantitative estimate of drug-likeness (QED) is 0.666. The van der Waals surface area contributed by atoms with E-state index in [2.05, 4.69) is 65.4 Å². The molecule has 2 nitrogen and oxygen atoms in total. The number of halogens is 1. The first kappa shape index (κ1) is 14.4. The minimum atomic E-state index is 0.152. The molecule has 2 aromatic carbocycles. The lowest BCUT2D eigenvalue weighted by molar-refractivity contribution is 0.417. The van der Waals surface area contributed by atoms with Gasteiger partial charge in [-0.3, -0.25) is 0 Å². The number of rotatable bonds is 4. The van der Waals surface area contributed by atoms with Crippen LogP contribution in [0.4, 0.5) is 0 Å². The van der Waals surface area contributed by atoms with Gasteiger partial charge in [0.15, 0.2) is 0 Å². The Morgan fingerprint density at radius 3 is 2.43 bits per heavy atom. The molecule has 0 aliphatic rings. The van der Waals surface area contributed by atoms with Gasteiger partial charge in [0.2, 0.25) is 0 Å². The fraction of sp³-hybridized carbons (Fsp3) is 0.222. The molecule has 0 radical (unpaired) electrons. The lowest BCUT2D eigenvalue weighted by Crippen LogP contribution is -2.22. The highest BCUT2D eigenvalue weighted by molar-refractivity contribution is 9.10. The number of para-hydroxylation sites is 1. The molecule has 0 spiro atoms. The maximum atomic E-state index is 5.92. The molecule has 1 N–H and O–H groups in total. The van der Waals surface area contributed by atoms with Gasteiger partial charge in [-0.15, -0.1) is 0 Å². The van der Waals surface area contributed by atoms with Crippen molar-refractivity contribution in [1.29, 1.82) is 0 Å². The summed E-state index contributed by atoms with van der Waals surface area (Å²) in [5.41, 5.74) is 2.19. The van der Waals surface area contributed by atoms with Crippen molar-refractivity contribution >= 4 is 26.9 Å². The maximum absolute atomic E-state index is 5.92. The van der Waals surface area contributed by atoms with Crippen LogP contribution >= 0.6 is 15.9 Å². The molecule has 3 heteroatoms. The summed E-state index contributed by atoms with van der Waals surface area (Å²) in [7, 11) is 0. The molecule has 3 rings (SSSR count). The Kier molecular flexibility index (Phi) is 4.13. The molecule has 0 aliphatic carbocycles. The molecule has 0 saturated carbocycles. The van der Waals surface area contributed by atoms with Crippen LogP contribution in [0.1, 0.15) is 37.3 Å². The van der Waals surface area contributed by atoms with Gasteiger partial charge in [0.05, 0.1) is 6.04 Å². The summed E-state index contributed by atoms with van der Waals surface area (Å²) in [6, 6.07) is 18.9. The van der Waals surface area contributed by atoms with E-state index >= 15 is 0 Å².